The standard InChI is InChI=1S/C15H12N4O3S/c20-12(4-3-11-2-1-7-23-11)17-9-14-18-15(19-22-14)10-5-6-16-13(21)8-10/h1-8H,9H2,(H,16,21)(H,17,20)/b4-3+. The molecule has 0 atom stereocenters. The average Bonchev–Trinajstić information content (AvgIpc) is 3.22. The molecule has 7 nitrogen and oxygen atoms in total. The summed E-state index contributed by atoms with van der Waals surface area (Å²) in [4.78, 5) is 30.6. The van der Waals surface area contributed by atoms with Crippen LogP contribution in [-0.2, 0) is 11.3 Å². The van der Waals surface area contributed by atoms with Crippen LogP contribution >= 0.6 is 11.3 Å². The number of H-pyrrole nitrogens is 1. The molecule has 23 heavy (non-hydrogen) atoms. The molecule has 0 saturated heterocycles. The number of nitrogens with one attached hydrogen (secondary N) is 2. The van der Waals surface area contributed by atoms with E-state index in [4.69, 9.17) is 4.52 Å². The highest BCUT2D eigenvalue weighted by Crippen LogP contribution is 2.12. The van der Waals surface area contributed by atoms with Gasteiger partial charge in [-0.05, 0) is 23.6 Å². The number of nitrogens with zero attached hydrogens (tertiary/aromatic N) is 2. The third kappa shape index (κ3) is 4.01. The lowest BCUT2D eigenvalue weighted by atomic mass is 10.2. The number of rotatable bonds is 5. The third-order valence-electron chi connectivity index (χ3n) is 2.86. The lowest BCUT2D eigenvalue weighted by molar-refractivity contribution is -0.116. The zero-order valence-electron chi connectivity index (χ0n) is 11.9. The van der Waals surface area contributed by atoms with Crippen LogP contribution in [0.1, 0.15) is 10.8 Å². The number of thiophene rings is 1. The monoisotopic (exact) mass is 328 g/mol. The summed E-state index contributed by atoms with van der Waals surface area (Å²) in [5.74, 6) is 0.307. The maximum atomic E-state index is 11.7. The Hall–Kier alpha value is -3.00. The van der Waals surface area contributed by atoms with E-state index in [1.165, 1.54) is 18.3 Å². The van der Waals surface area contributed by atoms with E-state index in [1.54, 1.807) is 23.5 Å². The van der Waals surface area contributed by atoms with Crippen LogP contribution in [0.15, 0.2) is 51.2 Å². The van der Waals surface area contributed by atoms with Gasteiger partial charge >= 0.3 is 0 Å². The number of aromatic amines is 1. The van der Waals surface area contributed by atoms with Crippen molar-refractivity contribution in [3.63, 3.8) is 0 Å². The fourth-order valence-corrected chi connectivity index (χ4v) is 2.41. The zero-order chi connectivity index (χ0) is 16.1. The highest BCUT2D eigenvalue weighted by molar-refractivity contribution is 7.10. The number of carbonyl (C=O) groups excluding carboxylic acids is 1. The van der Waals surface area contributed by atoms with Crippen LogP contribution in [-0.4, -0.2) is 21.0 Å². The van der Waals surface area contributed by atoms with E-state index in [2.05, 4.69) is 20.4 Å². The molecule has 0 aliphatic rings. The van der Waals surface area contributed by atoms with E-state index in [0.29, 0.717) is 11.4 Å². The second-order valence-electron chi connectivity index (χ2n) is 4.52. The molecule has 0 saturated carbocycles. The van der Waals surface area contributed by atoms with E-state index in [-0.39, 0.29) is 23.9 Å². The summed E-state index contributed by atoms with van der Waals surface area (Å²) in [5, 5.41) is 8.37. The molecule has 3 aromatic heterocycles. The Balaban J connectivity index is 1.59. The van der Waals surface area contributed by atoms with E-state index in [1.807, 2.05) is 17.5 Å². The second-order valence-corrected chi connectivity index (χ2v) is 5.50. The van der Waals surface area contributed by atoms with Crippen molar-refractivity contribution in [3.05, 3.63) is 63.0 Å². The number of carbonyl (C=O) groups is 1. The molecule has 0 radical (unpaired) electrons. The van der Waals surface area contributed by atoms with E-state index < -0.39 is 0 Å². The highest BCUT2D eigenvalue weighted by Gasteiger charge is 2.09. The molecule has 1 amide bonds. The van der Waals surface area contributed by atoms with Crippen molar-refractivity contribution in [2.24, 2.45) is 0 Å². The smallest absolute Gasteiger partial charge is 0.248 e. The van der Waals surface area contributed by atoms with Crippen molar-refractivity contribution in [1.29, 1.82) is 0 Å². The van der Waals surface area contributed by atoms with Gasteiger partial charge in [-0.25, -0.2) is 0 Å². The Kier molecular flexibility index (Phi) is 4.44. The Morgan fingerprint density at radius 3 is 3.13 bits per heavy atom. The topological polar surface area (TPSA) is 101 Å². The first-order valence-electron chi connectivity index (χ1n) is 6.72. The Morgan fingerprint density at radius 2 is 2.35 bits per heavy atom. The van der Waals surface area contributed by atoms with Gasteiger partial charge < -0.3 is 14.8 Å². The molecule has 0 aliphatic carbocycles. The number of hydrogen-bond donors (Lipinski definition) is 2. The summed E-state index contributed by atoms with van der Waals surface area (Å²) in [5.41, 5.74) is 0.300. The van der Waals surface area contributed by atoms with Gasteiger partial charge in [0.1, 0.15) is 0 Å². The van der Waals surface area contributed by atoms with Gasteiger partial charge in [-0.1, -0.05) is 11.2 Å². The van der Waals surface area contributed by atoms with Gasteiger partial charge in [0.2, 0.25) is 23.2 Å². The fraction of sp³-hybridized carbons (Fsp3) is 0.0667. The van der Waals surface area contributed by atoms with Gasteiger partial charge in [-0.2, -0.15) is 4.98 Å². The maximum absolute atomic E-state index is 11.7. The van der Waals surface area contributed by atoms with E-state index >= 15 is 0 Å². The first-order valence-corrected chi connectivity index (χ1v) is 7.60. The molecule has 2 N–H and O–H groups in total. The molecular formula is C15H12N4O3S. The van der Waals surface area contributed by atoms with Crippen LogP contribution in [0, 0.1) is 0 Å². The Morgan fingerprint density at radius 1 is 1.43 bits per heavy atom. The SMILES string of the molecule is O=C(/C=C/c1cccs1)NCc1nc(-c2cc[nH]c(=O)c2)no1. The number of hydrogen-bond acceptors (Lipinski definition) is 6. The van der Waals surface area contributed by atoms with E-state index in [0.717, 1.165) is 4.88 Å². The minimum Gasteiger partial charge on any atom is -0.343 e. The molecule has 116 valence electrons. The lowest BCUT2D eigenvalue weighted by Gasteiger charge is -1.96. The van der Waals surface area contributed by atoms with Gasteiger partial charge in [0.05, 0.1) is 6.54 Å². The summed E-state index contributed by atoms with van der Waals surface area (Å²) in [6, 6.07) is 6.87. The molecule has 0 spiro atoms. The van der Waals surface area contributed by atoms with Crippen LogP contribution in [0.2, 0.25) is 0 Å². The Labute approximate surface area is 134 Å². The van der Waals surface area contributed by atoms with Gasteiger partial charge in [-0.15, -0.1) is 11.3 Å². The molecule has 3 rings (SSSR count). The van der Waals surface area contributed by atoms with Crippen molar-refractivity contribution in [1.82, 2.24) is 20.4 Å². The van der Waals surface area contributed by atoms with Crippen molar-refractivity contribution >= 4 is 23.3 Å². The largest absolute Gasteiger partial charge is 0.343 e. The first-order chi connectivity index (χ1) is 11.2. The molecule has 3 aromatic rings. The summed E-state index contributed by atoms with van der Waals surface area (Å²) in [7, 11) is 0. The average molecular weight is 328 g/mol. The minimum atomic E-state index is -0.255. The number of pyridine rings is 1. The second kappa shape index (κ2) is 6.84. The molecule has 8 heteroatoms. The summed E-state index contributed by atoms with van der Waals surface area (Å²) >= 11 is 1.55. The van der Waals surface area contributed by atoms with Gasteiger partial charge in [0.15, 0.2) is 0 Å². The fourth-order valence-electron chi connectivity index (χ4n) is 1.79. The number of aromatic nitrogens is 3. The van der Waals surface area contributed by atoms with Crippen molar-refractivity contribution in [3.8, 4) is 11.4 Å². The summed E-state index contributed by atoms with van der Waals surface area (Å²) in [6.45, 7) is 0.115. The van der Waals surface area contributed by atoms with Crippen LogP contribution in [0.3, 0.4) is 0 Å². The summed E-state index contributed by atoms with van der Waals surface area (Å²) in [6.07, 6.45) is 4.68. The third-order valence-corrected chi connectivity index (χ3v) is 3.69. The molecule has 0 unspecified atom stereocenters. The maximum Gasteiger partial charge on any atom is 0.248 e. The summed E-state index contributed by atoms with van der Waals surface area (Å²) < 4.78 is 5.05. The normalized spacial score (nSPS) is 11.0. The van der Waals surface area contributed by atoms with Gasteiger partial charge in [0.25, 0.3) is 0 Å². The first kappa shape index (κ1) is 14.9. The predicted octanol–water partition coefficient (Wildman–Crippen LogP) is 1.82. The van der Waals surface area contributed by atoms with Gasteiger partial charge in [-0.3, -0.25) is 9.59 Å². The number of amides is 1. The molecule has 0 aromatic carbocycles. The Bertz CT molecular complexity index is 880. The quantitative estimate of drug-likeness (QED) is 0.696. The molecule has 3 heterocycles. The minimum absolute atomic E-state index is 0.115. The van der Waals surface area contributed by atoms with E-state index in [9.17, 15) is 9.59 Å². The van der Waals surface area contributed by atoms with Crippen LogP contribution in [0.25, 0.3) is 17.5 Å². The molecular weight excluding hydrogens is 316 g/mol. The molecule has 0 fully saturated rings. The lowest BCUT2D eigenvalue weighted by Crippen LogP contribution is -2.20. The predicted molar refractivity (Wildman–Crippen MR) is 85.6 cm³/mol. The van der Waals surface area contributed by atoms with Crippen molar-refractivity contribution in [2.45, 2.75) is 6.54 Å². The van der Waals surface area contributed by atoms with Crippen molar-refractivity contribution < 1.29 is 9.32 Å². The highest BCUT2D eigenvalue weighted by atomic mass is 32.1. The van der Waals surface area contributed by atoms with Crippen LogP contribution in [0.5, 0.6) is 0 Å². The van der Waals surface area contributed by atoms with Gasteiger partial charge in [0, 0.05) is 28.8 Å². The zero-order valence-corrected chi connectivity index (χ0v) is 12.7. The van der Waals surface area contributed by atoms with Crippen LogP contribution in [0.4, 0.5) is 0 Å². The molecule has 0 aliphatic heterocycles. The van der Waals surface area contributed by atoms with Crippen molar-refractivity contribution in [2.75, 3.05) is 0 Å². The van der Waals surface area contributed by atoms with Crippen LogP contribution < -0.4 is 10.9 Å². The molecule has 0 bridgehead atoms.